The summed E-state index contributed by atoms with van der Waals surface area (Å²) in [6, 6.07) is 2.70. The predicted molar refractivity (Wildman–Crippen MR) is 69.8 cm³/mol. The van der Waals surface area contributed by atoms with Crippen LogP contribution in [0.3, 0.4) is 0 Å². The van der Waals surface area contributed by atoms with Crippen LogP contribution in [0.4, 0.5) is 5.69 Å². The predicted octanol–water partition coefficient (Wildman–Crippen LogP) is 0.662. The zero-order valence-electron chi connectivity index (χ0n) is 11.6. The van der Waals surface area contributed by atoms with Crippen LogP contribution >= 0.6 is 0 Å². The quantitative estimate of drug-likeness (QED) is 0.855. The number of benzene rings is 1. The molecule has 20 heavy (non-hydrogen) atoms. The van der Waals surface area contributed by atoms with Crippen LogP contribution in [0.25, 0.3) is 0 Å². The van der Waals surface area contributed by atoms with Crippen molar-refractivity contribution in [2.75, 3.05) is 19.5 Å². The molecule has 1 N–H and O–H groups in total. The Balaban J connectivity index is 2.34. The normalized spacial score (nSPS) is 20.1. The number of carbonyl (C=O) groups excluding carboxylic acids is 2. The molecule has 0 saturated heterocycles. The van der Waals surface area contributed by atoms with E-state index in [0.29, 0.717) is 11.7 Å². The third-order valence-corrected chi connectivity index (χ3v) is 3.45. The number of hydrogen-bond acceptors (Lipinski definition) is 5. The molecule has 0 heterocycles. The Labute approximate surface area is 116 Å². The van der Waals surface area contributed by atoms with Crippen molar-refractivity contribution in [1.29, 1.82) is 0 Å². The van der Waals surface area contributed by atoms with Crippen molar-refractivity contribution in [2.24, 2.45) is 11.8 Å². The van der Waals surface area contributed by atoms with Crippen LogP contribution in [0.1, 0.15) is 23.7 Å². The van der Waals surface area contributed by atoms with Gasteiger partial charge in [-0.05, 0) is 18.4 Å². The van der Waals surface area contributed by atoms with Crippen LogP contribution in [0, 0.1) is 11.8 Å². The van der Waals surface area contributed by atoms with E-state index in [-0.39, 0.29) is 28.8 Å². The number of nitrogens with one attached hydrogen (secondary N) is 1. The van der Waals surface area contributed by atoms with Gasteiger partial charge in [0, 0.05) is 17.5 Å². The van der Waals surface area contributed by atoms with Gasteiger partial charge in [-0.3, -0.25) is 4.79 Å². The van der Waals surface area contributed by atoms with Gasteiger partial charge < -0.3 is 24.7 Å². The van der Waals surface area contributed by atoms with E-state index in [4.69, 9.17) is 9.47 Å². The Kier molecular flexibility index (Phi) is 3.83. The second kappa shape index (κ2) is 5.40. The first-order chi connectivity index (χ1) is 9.47. The fourth-order valence-electron chi connectivity index (χ4n) is 2.06. The first-order valence-electron chi connectivity index (χ1n) is 6.26. The molecular weight excluding hydrogens is 262 g/mol. The Morgan fingerprint density at radius 3 is 2.25 bits per heavy atom. The molecule has 2 rings (SSSR count). The minimum Gasteiger partial charge on any atom is -0.545 e. The number of carboxylic acids is 1. The summed E-state index contributed by atoms with van der Waals surface area (Å²) < 4.78 is 10.1. The van der Waals surface area contributed by atoms with Gasteiger partial charge in [-0.1, -0.05) is 6.92 Å². The number of carbonyl (C=O) groups is 2. The summed E-state index contributed by atoms with van der Waals surface area (Å²) in [5, 5.41) is 13.8. The molecule has 1 fully saturated rings. The third-order valence-electron chi connectivity index (χ3n) is 3.45. The maximum absolute atomic E-state index is 11.9. The van der Waals surface area contributed by atoms with E-state index in [0.717, 1.165) is 6.42 Å². The molecular formula is C14H16NO5-. The van der Waals surface area contributed by atoms with Crippen molar-refractivity contribution in [1.82, 2.24) is 0 Å². The average Bonchev–Trinajstić information content (AvgIpc) is 3.15. The van der Waals surface area contributed by atoms with Crippen molar-refractivity contribution < 1.29 is 24.2 Å². The Morgan fingerprint density at radius 2 is 1.80 bits per heavy atom. The molecule has 2 atom stereocenters. The van der Waals surface area contributed by atoms with Crippen molar-refractivity contribution in [2.45, 2.75) is 13.3 Å². The van der Waals surface area contributed by atoms with E-state index in [1.165, 1.54) is 26.4 Å². The number of ether oxygens (including phenoxy) is 2. The van der Waals surface area contributed by atoms with Crippen molar-refractivity contribution in [3.05, 3.63) is 17.7 Å². The molecule has 0 spiro atoms. The fraction of sp³-hybridized carbons (Fsp3) is 0.429. The SMILES string of the molecule is COc1cc(NC(=O)[C@@H]2C[C@H]2C)c(C(=O)[O-])cc1OC. The fourth-order valence-corrected chi connectivity index (χ4v) is 2.06. The second-order valence-electron chi connectivity index (χ2n) is 4.85. The van der Waals surface area contributed by atoms with Crippen LogP contribution in [0.15, 0.2) is 12.1 Å². The van der Waals surface area contributed by atoms with Crippen molar-refractivity contribution >= 4 is 17.6 Å². The van der Waals surface area contributed by atoms with E-state index in [1.807, 2.05) is 6.92 Å². The maximum atomic E-state index is 11.9. The van der Waals surface area contributed by atoms with Gasteiger partial charge in [-0.25, -0.2) is 0 Å². The van der Waals surface area contributed by atoms with Gasteiger partial charge in [0.2, 0.25) is 5.91 Å². The minimum absolute atomic E-state index is 0.0577. The molecule has 6 heteroatoms. The molecule has 1 aromatic carbocycles. The standard InChI is InChI=1S/C14H17NO5/c1-7-4-8(7)13(16)15-10-6-12(20-3)11(19-2)5-9(10)14(17)18/h5-8H,4H2,1-3H3,(H,15,16)(H,17,18)/p-1/t7-,8-/m1/s1. The first kappa shape index (κ1) is 14.2. The lowest BCUT2D eigenvalue weighted by atomic mass is 10.1. The summed E-state index contributed by atoms with van der Waals surface area (Å²) in [5.74, 6) is -0.683. The van der Waals surface area contributed by atoms with Gasteiger partial charge in [-0.2, -0.15) is 0 Å². The topological polar surface area (TPSA) is 87.7 Å². The van der Waals surface area contributed by atoms with E-state index >= 15 is 0 Å². The van der Waals surface area contributed by atoms with Crippen LogP contribution < -0.4 is 19.9 Å². The van der Waals surface area contributed by atoms with Gasteiger partial charge in [0.25, 0.3) is 0 Å². The monoisotopic (exact) mass is 278 g/mol. The third kappa shape index (κ3) is 2.68. The lowest BCUT2D eigenvalue weighted by molar-refractivity contribution is -0.254. The highest BCUT2D eigenvalue weighted by Gasteiger charge is 2.39. The van der Waals surface area contributed by atoms with Gasteiger partial charge in [0.15, 0.2) is 11.5 Å². The summed E-state index contributed by atoms with van der Waals surface area (Å²) in [4.78, 5) is 23.1. The summed E-state index contributed by atoms with van der Waals surface area (Å²) in [6.07, 6.45) is 0.819. The van der Waals surface area contributed by atoms with Gasteiger partial charge >= 0.3 is 0 Å². The first-order valence-corrected chi connectivity index (χ1v) is 6.26. The summed E-state index contributed by atoms with van der Waals surface area (Å²) in [6.45, 7) is 1.97. The number of aromatic carboxylic acids is 1. The van der Waals surface area contributed by atoms with E-state index in [2.05, 4.69) is 5.32 Å². The van der Waals surface area contributed by atoms with E-state index in [9.17, 15) is 14.7 Å². The molecule has 0 aromatic heterocycles. The molecule has 0 unspecified atom stereocenters. The van der Waals surface area contributed by atoms with Crippen molar-refractivity contribution in [3.63, 3.8) is 0 Å². The molecule has 0 radical (unpaired) electrons. The number of methoxy groups -OCH3 is 2. The van der Waals surface area contributed by atoms with Crippen LogP contribution in [0.5, 0.6) is 11.5 Å². The summed E-state index contributed by atoms with van der Waals surface area (Å²) in [7, 11) is 2.84. The molecule has 1 amide bonds. The Bertz CT molecular complexity index is 555. The van der Waals surface area contributed by atoms with E-state index < -0.39 is 5.97 Å². The average molecular weight is 278 g/mol. The number of amides is 1. The zero-order valence-corrected chi connectivity index (χ0v) is 11.6. The molecule has 6 nitrogen and oxygen atoms in total. The van der Waals surface area contributed by atoms with E-state index in [1.54, 1.807) is 0 Å². The molecule has 108 valence electrons. The molecule has 1 saturated carbocycles. The lowest BCUT2D eigenvalue weighted by Gasteiger charge is -2.16. The number of rotatable bonds is 5. The summed E-state index contributed by atoms with van der Waals surface area (Å²) in [5.41, 5.74) is 0.0241. The van der Waals surface area contributed by atoms with Gasteiger partial charge in [-0.15, -0.1) is 0 Å². The molecule has 1 aromatic rings. The second-order valence-corrected chi connectivity index (χ2v) is 4.85. The molecule has 1 aliphatic carbocycles. The van der Waals surface area contributed by atoms with Gasteiger partial charge in [0.1, 0.15) is 0 Å². The van der Waals surface area contributed by atoms with Crippen LogP contribution in [-0.4, -0.2) is 26.1 Å². The van der Waals surface area contributed by atoms with Crippen molar-refractivity contribution in [3.8, 4) is 11.5 Å². The van der Waals surface area contributed by atoms with Gasteiger partial charge in [0.05, 0.1) is 25.9 Å². The number of carboxylic acid groups (broad SMARTS) is 1. The van der Waals surface area contributed by atoms with Crippen LogP contribution in [-0.2, 0) is 4.79 Å². The number of hydrogen-bond donors (Lipinski definition) is 1. The highest BCUT2D eigenvalue weighted by Crippen LogP contribution is 2.39. The molecule has 1 aliphatic rings. The largest absolute Gasteiger partial charge is 0.545 e. The minimum atomic E-state index is -1.38. The molecule has 0 aliphatic heterocycles. The highest BCUT2D eigenvalue weighted by molar-refractivity contribution is 6.02. The summed E-state index contributed by atoms with van der Waals surface area (Å²) >= 11 is 0. The zero-order chi connectivity index (χ0) is 14.9. The highest BCUT2D eigenvalue weighted by atomic mass is 16.5. The number of anilines is 1. The van der Waals surface area contributed by atoms with Crippen LogP contribution in [0.2, 0.25) is 0 Å². The lowest BCUT2D eigenvalue weighted by Crippen LogP contribution is -2.25. The maximum Gasteiger partial charge on any atom is 0.227 e. The Hall–Kier alpha value is -2.24. The Morgan fingerprint density at radius 1 is 1.25 bits per heavy atom. The molecule has 0 bridgehead atoms. The smallest absolute Gasteiger partial charge is 0.227 e.